The Hall–Kier alpha value is -1.67. The van der Waals surface area contributed by atoms with Gasteiger partial charge < -0.3 is 24.4 Å². The number of nitrogens with one attached hydrogen (secondary N) is 1. The smallest absolute Gasteiger partial charge is 0.276 e. The van der Waals surface area contributed by atoms with Gasteiger partial charge in [0, 0.05) is 44.6 Å². The summed E-state index contributed by atoms with van der Waals surface area (Å²) in [5, 5.41) is 3.19. The van der Waals surface area contributed by atoms with E-state index in [0.717, 1.165) is 24.6 Å². The third-order valence-corrected chi connectivity index (χ3v) is 4.03. The minimum atomic E-state index is -1.14. The van der Waals surface area contributed by atoms with E-state index in [4.69, 9.17) is 25.8 Å². The molecule has 0 aromatic carbocycles. The molecule has 0 bridgehead atoms. The number of pyridine rings is 1. The summed E-state index contributed by atoms with van der Waals surface area (Å²) < 4.78 is 16.9. The number of aromatic nitrogens is 1. The van der Waals surface area contributed by atoms with Crippen LogP contribution in [0.2, 0.25) is 0 Å². The minimum Gasteiger partial charge on any atom is -0.378 e. The molecule has 1 aromatic heterocycles. The molecule has 0 radical (unpaired) electrons. The fourth-order valence-electron chi connectivity index (χ4n) is 2.56. The second-order valence-electron chi connectivity index (χ2n) is 5.42. The standard InChI is InChI=1S/C16H21ClN4O3/c1-22-16(24-9-5-13-4-2-3-6-18-13)12-14(19-15(17)20-16)21-7-10-23-11-8-21/h2-4,6,12H,5,7-11H2,1H3,(H,19,20). The van der Waals surface area contributed by atoms with E-state index >= 15 is 0 Å². The maximum absolute atomic E-state index is 6.16. The van der Waals surface area contributed by atoms with Gasteiger partial charge in [0.15, 0.2) is 0 Å². The van der Waals surface area contributed by atoms with Crippen molar-refractivity contribution in [1.82, 2.24) is 15.2 Å². The van der Waals surface area contributed by atoms with Crippen LogP contribution in [0.3, 0.4) is 0 Å². The van der Waals surface area contributed by atoms with Crippen LogP contribution in [-0.4, -0.2) is 61.1 Å². The summed E-state index contributed by atoms with van der Waals surface area (Å²) >= 11 is 6.16. The van der Waals surface area contributed by atoms with E-state index in [2.05, 4.69) is 20.2 Å². The first-order valence-corrected chi connectivity index (χ1v) is 8.25. The normalized spacial score (nSPS) is 24.2. The Morgan fingerprint density at radius 2 is 2.21 bits per heavy atom. The zero-order valence-electron chi connectivity index (χ0n) is 13.6. The van der Waals surface area contributed by atoms with Crippen LogP contribution in [0.25, 0.3) is 0 Å². The first-order valence-electron chi connectivity index (χ1n) is 7.88. The summed E-state index contributed by atoms with van der Waals surface area (Å²) in [7, 11) is 1.57. The molecule has 8 heteroatoms. The van der Waals surface area contributed by atoms with Crippen molar-refractivity contribution >= 4 is 16.9 Å². The number of nitrogens with zero attached hydrogens (tertiary/aromatic N) is 3. The van der Waals surface area contributed by atoms with E-state index in [1.54, 1.807) is 13.3 Å². The highest BCUT2D eigenvalue weighted by atomic mass is 35.5. The zero-order valence-corrected chi connectivity index (χ0v) is 14.3. The third-order valence-electron chi connectivity index (χ3n) is 3.85. The number of rotatable bonds is 6. The molecule has 1 aromatic rings. The van der Waals surface area contributed by atoms with Crippen LogP contribution >= 0.6 is 11.6 Å². The van der Waals surface area contributed by atoms with Crippen molar-refractivity contribution in [3.8, 4) is 0 Å². The molecule has 7 nitrogen and oxygen atoms in total. The highest BCUT2D eigenvalue weighted by Crippen LogP contribution is 2.23. The maximum atomic E-state index is 6.16. The number of hydrogen-bond acceptors (Lipinski definition) is 7. The lowest BCUT2D eigenvalue weighted by Gasteiger charge is -2.36. The SMILES string of the molecule is COC1(OCCc2ccccn2)C=C(N2CCOCC2)N=C(Cl)N1. The van der Waals surface area contributed by atoms with E-state index in [9.17, 15) is 0 Å². The quantitative estimate of drug-likeness (QED) is 0.615. The number of morpholine rings is 1. The molecule has 1 fully saturated rings. The highest BCUT2D eigenvalue weighted by Gasteiger charge is 2.35. The van der Waals surface area contributed by atoms with Gasteiger partial charge in [-0.05, 0) is 23.7 Å². The molecule has 3 heterocycles. The summed E-state index contributed by atoms with van der Waals surface area (Å²) in [6, 6.07) is 5.80. The van der Waals surface area contributed by atoms with E-state index in [-0.39, 0.29) is 5.29 Å². The average molecular weight is 353 g/mol. The topological polar surface area (TPSA) is 68.2 Å². The predicted molar refractivity (Wildman–Crippen MR) is 90.5 cm³/mol. The van der Waals surface area contributed by atoms with E-state index in [0.29, 0.717) is 26.2 Å². The van der Waals surface area contributed by atoms with Crippen molar-refractivity contribution < 1.29 is 14.2 Å². The molecule has 0 saturated carbocycles. The molecule has 0 spiro atoms. The summed E-state index contributed by atoms with van der Waals surface area (Å²) in [6.07, 6.45) is 4.24. The van der Waals surface area contributed by atoms with Crippen LogP contribution in [-0.2, 0) is 20.6 Å². The Labute approximate surface area is 146 Å². The maximum Gasteiger partial charge on any atom is 0.276 e. The first kappa shape index (κ1) is 17.2. The minimum absolute atomic E-state index is 0.235. The molecule has 1 N–H and O–H groups in total. The molecule has 24 heavy (non-hydrogen) atoms. The Balaban J connectivity index is 1.68. The number of hydrogen-bond donors (Lipinski definition) is 1. The van der Waals surface area contributed by atoms with Crippen molar-refractivity contribution in [1.29, 1.82) is 0 Å². The summed E-state index contributed by atoms with van der Waals surface area (Å²) in [5.41, 5.74) is 0.955. The van der Waals surface area contributed by atoms with E-state index in [1.165, 1.54) is 0 Å². The molecule has 1 saturated heterocycles. The van der Waals surface area contributed by atoms with Crippen molar-refractivity contribution in [3.63, 3.8) is 0 Å². The van der Waals surface area contributed by atoms with E-state index in [1.807, 2.05) is 24.3 Å². The lowest BCUT2D eigenvalue weighted by Crippen LogP contribution is -2.53. The number of aliphatic imine (C=N–C) groups is 1. The van der Waals surface area contributed by atoms with Crippen molar-refractivity contribution in [3.05, 3.63) is 42.0 Å². The van der Waals surface area contributed by atoms with Gasteiger partial charge in [0.2, 0.25) is 5.29 Å². The van der Waals surface area contributed by atoms with Gasteiger partial charge in [-0.3, -0.25) is 4.98 Å². The van der Waals surface area contributed by atoms with Crippen LogP contribution in [0.15, 0.2) is 41.3 Å². The lowest BCUT2D eigenvalue weighted by molar-refractivity contribution is -0.199. The average Bonchev–Trinajstić information content (AvgIpc) is 2.63. The number of methoxy groups -OCH3 is 1. The van der Waals surface area contributed by atoms with Gasteiger partial charge in [-0.25, -0.2) is 4.99 Å². The first-order chi connectivity index (χ1) is 11.7. The third kappa shape index (κ3) is 4.24. The van der Waals surface area contributed by atoms with Crippen LogP contribution in [0, 0.1) is 0 Å². The summed E-state index contributed by atoms with van der Waals surface area (Å²) in [6.45, 7) is 3.27. The van der Waals surface area contributed by atoms with Crippen LogP contribution in [0.1, 0.15) is 5.69 Å². The fourth-order valence-corrected chi connectivity index (χ4v) is 2.78. The molecule has 3 rings (SSSR count). The Morgan fingerprint density at radius 1 is 1.38 bits per heavy atom. The zero-order chi connectivity index (χ0) is 16.8. The Bertz CT molecular complexity index is 605. The second kappa shape index (κ2) is 7.94. The van der Waals surface area contributed by atoms with Crippen molar-refractivity contribution in [2.24, 2.45) is 4.99 Å². The molecule has 2 aliphatic heterocycles. The molecular formula is C16H21ClN4O3. The van der Waals surface area contributed by atoms with Gasteiger partial charge in [0.1, 0.15) is 5.82 Å². The molecule has 1 atom stereocenters. The predicted octanol–water partition coefficient (Wildman–Crippen LogP) is 1.31. The van der Waals surface area contributed by atoms with Gasteiger partial charge in [-0.1, -0.05) is 6.07 Å². The van der Waals surface area contributed by atoms with Crippen molar-refractivity contribution in [2.45, 2.75) is 12.3 Å². The van der Waals surface area contributed by atoms with Gasteiger partial charge in [-0.15, -0.1) is 0 Å². The summed E-state index contributed by atoms with van der Waals surface area (Å²) in [5.74, 6) is -0.414. The van der Waals surface area contributed by atoms with Crippen LogP contribution in [0.5, 0.6) is 0 Å². The molecule has 0 aliphatic carbocycles. The molecule has 1 unspecified atom stereocenters. The fraction of sp³-hybridized carbons (Fsp3) is 0.500. The Kier molecular flexibility index (Phi) is 5.68. The van der Waals surface area contributed by atoms with E-state index < -0.39 is 5.91 Å². The molecule has 130 valence electrons. The van der Waals surface area contributed by atoms with Crippen molar-refractivity contribution in [2.75, 3.05) is 40.0 Å². The second-order valence-corrected chi connectivity index (χ2v) is 5.78. The van der Waals surface area contributed by atoms with Gasteiger partial charge in [0.05, 0.1) is 19.8 Å². The molecule has 0 amide bonds. The van der Waals surface area contributed by atoms with Gasteiger partial charge >= 0.3 is 0 Å². The number of amidine groups is 1. The largest absolute Gasteiger partial charge is 0.378 e. The molecule has 2 aliphatic rings. The number of halogens is 1. The highest BCUT2D eigenvalue weighted by molar-refractivity contribution is 6.64. The van der Waals surface area contributed by atoms with Gasteiger partial charge in [-0.2, -0.15) is 0 Å². The number of ether oxygens (including phenoxy) is 3. The monoisotopic (exact) mass is 352 g/mol. The molecular weight excluding hydrogens is 332 g/mol. The lowest BCUT2D eigenvalue weighted by atomic mass is 10.3. The summed E-state index contributed by atoms with van der Waals surface area (Å²) in [4.78, 5) is 10.7. The van der Waals surface area contributed by atoms with Gasteiger partial charge in [0.25, 0.3) is 5.91 Å². The Morgan fingerprint density at radius 3 is 2.92 bits per heavy atom. The van der Waals surface area contributed by atoms with Crippen LogP contribution < -0.4 is 5.32 Å². The van der Waals surface area contributed by atoms with Crippen LogP contribution in [0.4, 0.5) is 0 Å².